The van der Waals surface area contributed by atoms with Crippen molar-refractivity contribution in [3.05, 3.63) is 64.1 Å². The number of rotatable bonds is 4. The van der Waals surface area contributed by atoms with Crippen LogP contribution in [0.3, 0.4) is 0 Å². The maximum atomic E-state index is 13.2. The molecule has 1 N–H and O–H groups in total. The van der Waals surface area contributed by atoms with Crippen molar-refractivity contribution in [3.63, 3.8) is 0 Å². The maximum absolute atomic E-state index is 13.2. The van der Waals surface area contributed by atoms with E-state index < -0.39 is 0 Å². The lowest BCUT2D eigenvalue weighted by atomic mass is 10.1. The van der Waals surface area contributed by atoms with Gasteiger partial charge in [-0.1, -0.05) is 23.7 Å². The van der Waals surface area contributed by atoms with Crippen LogP contribution in [0.2, 0.25) is 5.02 Å². The number of piperidine rings is 1. The monoisotopic (exact) mass is 439 g/mol. The molecule has 1 amide bonds. The van der Waals surface area contributed by atoms with Gasteiger partial charge in [0.15, 0.2) is 0 Å². The van der Waals surface area contributed by atoms with E-state index in [1.807, 2.05) is 41.3 Å². The zero-order valence-electron chi connectivity index (χ0n) is 16.4. The minimum atomic E-state index is 0.0373. The number of nitrogens with one attached hydrogen (secondary N) is 1. The Kier molecular flexibility index (Phi) is 5.46. The van der Waals surface area contributed by atoms with Crippen molar-refractivity contribution in [1.82, 2.24) is 10.3 Å². The minimum absolute atomic E-state index is 0.0373. The molecule has 0 aliphatic carbocycles. The number of nitrogens with zero attached hydrogens (tertiary/aromatic N) is 2. The highest BCUT2D eigenvalue weighted by molar-refractivity contribution is 7.17. The summed E-state index contributed by atoms with van der Waals surface area (Å²) in [7, 11) is 0. The molecule has 1 saturated heterocycles. The number of hydrogen-bond donors (Lipinski definition) is 1. The third kappa shape index (κ3) is 3.95. The lowest BCUT2D eigenvalue weighted by Gasteiger charge is -2.27. The number of benzene rings is 1. The van der Waals surface area contributed by atoms with Crippen LogP contribution in [-0.4, -0.2) is 36.6 Å². The van der Waals surface area contributed by atoms with E-state index in [1.165, 1.54) is 0 Å². The van der Waals surface area contributed by atoms with E-state index in [9.17, 15) is 4.79 Å². The van der Waals surface area contributed by atoms with E-state index in [2.05, 4.69) is 16.4 Å². The summed E-state index contributed by atoms with van der Waals surface area (Å²) in [4.78, 5) is 21.3. The molecule has 0 unspecified atom stereocenters. The average Bonchev–Trinajstić information content (AvgIpc) is 3.21. The number of halogens is 1. The molecule has 5 rings (SSSR count). The van der Waals surface area contributed by atoms with Crippen LogP contribution in [0.5, 0.6) is 5.88 Å². The van der Waals surface area contributed by atoms with Crippen LogP contribution in [0.25, 0.3) is 10.4 Å². The summed E-state index contributed by atoms with van der Waals surface area (Å²) < 4.78 is 5.98. The number of pyridine rings is 1. The van der Waals surface area contributed by atoms with Crippen molar-refractivity contribution in [1.29, 1.82) is 0 Å². The molecule has 5 nitrogen and oxygen atoms in total. The van der Waals surface area contributed by atoms with Gasteiger partial charge in [-0.15, -0.1) is 11.3 Å². The third-order valence-electron chi connectivity index (χ3n) is 5.59. The van der Waals surface area contributed by atoms with Gasteiger partial charge in [-0.25, -0.2) is 4.98 Å². The lowest BCUT2D eigenvalue weighted by Crippen LogP contribution is -2.36. The highest BCUT2D eigenvalue weighted by Crippen LogP contribution is 2.36. The van der Waals surface area contributed by atoms with Gasteiger partial charge in [0.2, 0.25) is 5.88 Å². The smallest absolute Gasteiger partial charge is 0.268 e. The second kappa shape index (κ2) is 8.38. The minimum Gasteiger partial charge on any atom is -0.474 e. The molecule has 30 heavy (non-hydrogen) atoms. The SMILES string of the molecule is O=C1c2sc(-c3ccc(Cl)cc3)cc2CCN1c1ccc(OC2CCNCC2)nc1. The van der Waals surface area contributed by atoms with Gasteiger partial charge in [-0.3, -0.25) is 4.79 Å². The van der Waals surface area contributed by atoms with Gasteiger partial charge in [0.25, 0.3) is 5.91 Å². The number of carbonyl (C=O) groups excluding carboxylic acids is 1. The summed E-state index contributed by atoms with van der Waals surface area (Å²) >= 11 is 7.54. The second-order valence-corrected chi connectivity index (χ2v) is 9.09. The Hall–Kier alpha value is -2.41. The molecule has 2 aromatic heterocycles. The molecular weight excluding hydrogens is 418 g/mol. The van der Waals surface area contributed by atoms with Crippen molar-refractivity contribution in [2.24, 2.45) is 0 Å². The van der Waals surface area contributed by atoms with Gasteiger partial charge in [0.05, 0.1) is 16.8 Å². The van der Waals surface area contributed by atoms with E-state index in [1.54, 1.807) is 17.5 Å². The van der Waals surface area contributed by atoms with Crippen LogP contribution < -0.4 is 15.0 Å². The predicted octanol–water partition coefficient (Wildman–Crippen LogP) is 4.80. The van der Waals surface area contributed by atoms with E-state index in [0.29, 0.717) is 17.4 Å². The number of aromatic nitrogens is 1. The van der Waals surface area contributed by atoms with E-state index in [4.69, 9.17) is 16.3 Å². The van der Waals surface area contributed by atoms with Crippen molar-refractivity contribution in [2.45, 2.75) is 25.4 Å². The summed E-state index contributed by atoms with van der Waals surface area (Å²) in [5.41, 5.74) is 3.01. The Labute approximate surface area is 184 Å². The number of thiophene rings is 1. The lowest BCUT2D eigenvalue weighted by molar-refractivity contribution is 0.0984. The molecule has 1 aromatic carbocycles. The summed E-state index contributed by atoms with van der Waals surface area (Å²) in [5, 5.41) is 4.04. The molecule has 1 fully saturated rings. The summed E-state index contributed by atoms with van der Waals surface area (Å²) in [5.74, 6) is 0.659. The van der Waals surface area contributed by atoms with Crippen LogP contribution in [0.1, 0.15) is 28.1 Å². The first-order chi connectivity index (χ1) is 14.7. The Morgan fingerprint density at radius 3 is 2.67 bits per heavy atom. The number of ether oxygens (including phenoxy) is 1. The fourth-order valence-electron chi connectivity index (χ4n) is 3.94. The van der Waals surface area contributed by atoms with Gasteiger partial charge in [-0.2, -0.15) is 0 Å². The quantitative estimate of drug-likeness (QED) is 0.634. The molecular formula is C23H22ClN3O2S. The van der Waals surface area contributed by atoms with Crippen molar-refractivity contribution in [3.8, 4) is 16.3 Å². The van der Waals surface area contributed by atoms with Crippen LogP contribution in [0.15, 0.2) is 48.7 Å². The number of fused-ring (bicyclic) bond motifs is 1. The largest absolute Gasteiger partial charge is 0.474 e. The van der Waals surface area contributed by atoms with Crippen molar-refractivity contribution >= 4 is 34.5 Å². The first-order valence-electron chi connectivity index (χ1n) is 10.2. The molecule has 7 heteroatoms. The standard InChI is InChI=1S/C23H22ClN3O2S/c24-17-3-1-15(2-4-17)20-13-16-9-12-27(23(28)22(16)30-20)18-5-6-21(26-14-18)29-19-7-10-25-11-8-19/h1-6,13-14,19,25H,7-12H2. The maximum Gasteiger partial charge on any atom is 0.268 e. The van der Waals surface area contributed by atoms with Crippen LogP contribution in [0, 0.1) is 0 Å². The Morgan fingerprint density at radius 1 is 1.13 bits per heavy atom. The Morgan fingerprint density at radius 2 is 1.93 bits per heavy atom. The fourth-order valence-corrected chi connectivity index (χ4v) is 5.23. The van der Waals surface area contributed by atoms with Gasteiger partial charge in [0.1, 0.15) is 6.10 Å². The highest BCUT2D eigenvalue weighted by Gasteiger charge is 2.28. The zero-order chi connectivity index (χ0) is 20.5. The molecule has 0 bridgehead atoms. The number of anilines is 1. The van der Waals surface area contributed by atoms with Gasteiger partial charge < -0.3 is 15.0 Å². The van der Waals surface area contributed by atoms with E-state index in [0.717, 1.165) is 58.9 Å². The molecule has 0 atom stereocenters. The fraction of sp³-hybridized carbons (Fsp3) is 0.304. The Bertz CT molecular complexity index is 1040. The van der Waals surface area contributed by atoms with Crippen LogP contribution >= 0.6 is 22.9 Å². The summed E-state index contributed by atoms with van der Waals surface area (Å²) in [6, 6.07) is 13.7. The van der Waals surface area contributed by atoms with Crippen molar-refractivity contribution < 1.29 is 9.53 Å². The van der Waals surface area contributed by atoms with Gasteiger partial charge in [-0.05, 0) is 67.7 Å². The summed E-state index contributed by atoms with van der Waals surface area (Å²) in [6.07, 6.45) is 4.77. The molecule has 154 valence electrons. The van der Waals surface area contributed by atoms with E-state index in [-0.39, 0.29) is 12.0 Å². The highest BCUT2D eigenvalue weighted by atomic mass is 35.5. The number of amides is 1. The van der Waals surface area contributed by atoms with Gasteiger partial charge in [0, 0.05) is 22.5 Å². The molecule has 0 saturated carbocycles. The van der Waals surface area contributed by atoms with Crippen LogP contribution in [0.4, 0.5) is 5.69 Å². The molecule has 3 aromatic rings. The topological polar surface area (TPSA) is 54.5 Å². The molecule has 4 heterocycles. The summed E-state index contributed by atoms with van der Waals surface area (Å²) in [6.45, 7) is 2.61. The van der Waals surface area contributed by atoms with E-state index >= 15 is 0 Å². The Balaban J connectivity index is 1.32. The third-order valence-corrected chi connectivity index (χ3v) is 7.05. The molecule has 2 aliphatic rings. The zero-order valence-corrected chi connectivity index (χ0v) is 18.0. The molecule has 2 aliphatic heterocycles. The normalized spacial score (nSPS) is 17.1. The molecule has 0 spiro atoms. The van der Waals surface area contributed by atoms with Crippen LogP contribution in [-0.2, 0) is 6.42 Å². The second-order valence-electron chi connectivity index (χ2n) is 7.60. The first kappa shape index (κ1) is 19.5. The first-order valence-corrected chi connectivity index (χ1v) is 11.4. The predicted molar refractivity (Wildman–Crippen MR) is 121 cm³/mol. The average molecular weight is 440 g/mol. The number of carbonyl (C=O) groups is 1. The van der Waals surface area contributed by atoms with Crippen molar-refractivity contribution in [2.75, 3.05) is 24.5 Å². The number of hydrogen-bond acceptors (Lipinski definition) is 5. The molecule has 0 radical (unpaired) electrons. The van der Waals surface area contributed by atoms with Gasteiger partial charge >= 0.3 is 0 Å².